The Morgan fingerprint density at radius 1 is 1.26 bits per heavy atom. The molecule has 0 fully saturated rings. The largest absolute Gasteiger partial charge is 0.508 e. The average molecular weight is 280 g/mol. The van der Waals surface area contributed by atoms with Crippen molar-refractivity contribution in [2.45, 2.75) is 6.54 Å². The van der Waals surface area contributed by atoms with Crippen molar-refractivity contribution in [1.82, 2.24) is 5.32 Å². The van der Waals surface area contributed by atoms with Crippen LogP contribution in [0.3, 0.4) is 0 Å². The van der Waals surface area contributed by atoms with E-state index in [1.54, 1.807) is 12.1 Å². The number of carbonyl (C=O) groups excluding carboxylic acids is 1. The van der Waals surface area contributed by atoms with Crippen LogP contribution >= 0.6 is 11.6 Å². The lowest BCUT2D eigenvalue weighted by Crippen LogP contribution is -2.23. The monoisotopic (exact) mass is 279 g/mol. The maximum Gasteiger partial charge on any atom is 0.254 e. The third kappa shape index (κ3) is 3.45. The molecule has 0 aromatic heterocycles. The number of hydrogen-bond acceptors (Lipinski definition) is 2. The number of benzene rings is 2. The molecule has 0 atom stereocenters. The highest BCUT2D eigenvalue weighted by Crippen LogP contribution is 2.15. The molecule has 3 nitrogen and oxygen atoms in total. The molecular weight excluding hydrogens is 269 g/mol. The molecule has 0 aliphatic heterocycles. The first kappa shape index (κ1) is 13.4. The highest BCUT2D eigenvalue weighted by Gasteiger charge is 2.11. The number of amides is 1. The zero-order chi connectivity index (χ0) is 13.8. The minimum Gasteiger partial charge on any atom is -0.508 e. The van der Waals surface area contributed by atoms with Crippen LogP contribution in [0.1, 0.15) is 15.9 Å². The van der Waals surface area contributed by atoms with E-state index in [-0.39, 0.29) is 22.9 Å². The number of hydrogen-bond donors (Lipinski definition) is 2. The van der Waals surface area contributed by atoms with Gasteiger partial charge in [-0.1, -0.05) is 23.7 Å². The molecule has 0 aliphatic carbocycles. The maximum atomic E-state index is 13.5. The van der Waals surface area contributed by atoms with E-state index in [1.807, 2.05) is 0 Å². The second kappa shape index (κ2) is 5.71. The van der Waals surface area contributed by atoms with Crippen LogP contribution in [0, 0.1) is 5.82 Å². The van der Waals surface area contributed by atoms with Crippen molar-refractivity contribution in [2.24, 2.45) is 0 Å². The molecular formula is C14H11ClFNO2. The summed E-state index contributed by atoms with van der Waals surface area (Å²) in [6, 6.07) is 10.3. The summed E-state index contributed by atoms with van der Waals surface area (Å²) in [4.78, 5) is 11.8. The first-order valence-corrected chi connectivity index (χ1v) is 5.95. The summed E-state index contributed by atoms with van der Waals surface area (Å²) in [6.45, 7) is 0.204. The van der Waals surface area contributed by atoms with Gasteiger partial charge in [0.2, 0.25) is 0 Å². The fourth-order valence-corrected chi connectivity index (χ4v) is 1.78. The van der Waals surface area contributed by atoms with Gasteiger partial charge in [-0.05, 0) is 35.9 Å². The van der Waals surface area contributed by atoms with E-state index in [1.165, 1.54) is 24.3 Å². The van der Waals surface area contributed by atoms with Crippen molar-refractivity contribution in [3.05, 3.63) is 64.4 Å². The molecule has 0 unspecified atom stereocenters. The number of phenols is 1. The van der Waals surface area contributed by atoms with Crippen LogP contribution < -0.4 is 5.32 Å². The van der Waals surface area contributed by atoms with Crippen LogP contribution in [0.2, 0.25) is 5.02 Å². The molecule has 19 heavy (non-hydrogen) atoms. The SMILES string of the molecule is O=C(NCc1cccc(O)c1)c1ccc(Cl)cc1F. The predicted octanol–water partition coefficient (Wildman–Crippen LogP) is 3.11. The number of aromatic hydroxyl groups is 1. The normalized spacial score (nSPS) is 10.2. The third-order valence-electron chi connectivity index (χ3n) is 2.54. The summed E-state index contributed by atoms with van der Waals surface area (Å²) in [5.41, 5.74) is 0.660. The zero-order valence-electron chi connectivity index (χ0n) is 9.86. The van der Waals surface area contributed by atoms with E-state index in [0.717, 1.165) is 11.6 Å². The molecule has 5 heteroatoms. The topological polar surface area (TPSA) is 49.3 Å². The van der Waals surface area contributed by atoms with Gasteiger partial charge in [0.25, 0.3) is 5.91 Å². The van der Waals surface area contributed by atoms with Crippen LogP contribution in [0.15, 0.2) is 42.5 Å². The summed E-state index contributed by atoms with van der Waals surface area (Å²) in [7, 11) is 0. The van der Waals surface area contributed by atoms with Crippen molar-refractivity contribution >= 4 is 17.5 Å². The Bertz CT molecular complexity index is 616. The van der Waals surface area contributed by atoms with Crippen LogP contribution in [-0.4, -0.2) is 11.0 Å². The van der Waals surface area contributed by atoms with Gasteiger partial charge in [-0.15, -0.1) is 0 Å². The number of phenolic OH excluding ortho intramolecular Hbond substituents is 1. The molecule has 2 aromatic rings. The van der Waals surface area contributed by atoms with Crippen LogP contribution in [0.4, 0.5) is 4.39 Å². The van der Waals surface area contributed by atoms with Gasteiger partial charge in [0.1, 0.15) is 11.6 Å². The Hall–Kier alpha value is -2.07. The van der Waals surface area contributed by atoms with E-state index < -0.39 is 11.7 Å². The Morgan fingerprint density at radius 2 is 2.05 bits per heavy atom. The molecule has 0 saturated carbocycles. The van der Waals surface area contributed by atoms with E-state index >= 15 is 0 Å². The molecule has 2 aromatic carbocycles. The molecule has 2 N–H and O–H groups in total. The molecule has 0 aliphatic rings. The number of carbonyl (C=O) groups is 1. The quantitative estimate of drug-likeness (QED) is 0.907. The van der Waals surface area contributed by atoms with Crippen molar-refractivity contribution in [2.75, 3.05) is 0 Å². The molecule has 1 amide bonds. The van der Waals surface area contributed by atoms with Crippen molar-refractivity contribution in [1.29, 1.82) is 0 Å². The summed E-state index contributed by atoms with van der Waals surface area (Å²) in [5, 5.41) is 12.1. The summed E-state index contributed by atoms with van der Waals surface area (Å²) >= 11 is 5.61. The summed E-state index contributed by atoms with van der Waals surface area (Å²) < 4.78 is 13.5. The molecule has 0 saturated heterocycles. The van der Waals surface area contributed by atoms with Gasteiger partial charge < -0.3 is 10.4 Å². The van der Waals surface area contributed by atoms with Crippen molar-refractivity contribution in [3.8, 4) is 5.75 Å². The Kier molecular flexibility index (Phi) is 4.02. The fraction of sp³-hybridized carbons (Fsp3) is 0.0714. The van der Waals surface area contributed by atoms with Crippen molar-refractivity contribution in [3.63, 3.8) is 0 Å². The maximum absolute atomic E-state index is 13.5. The van der Waals surface area contributed by atoms with Gasteiger partial charge in [-0.3, -0.25) is 4.79 Å². The second-order valence-electron chi connectivity index (χ2n) is 3.98. The molecule has 98 valence electrons. The lowest BCUT2D eigenvalue weighted by molar-refractivity contribution is 0.0947. The van der Waals surface area contributed by atoms with Gasteiger partial charge in [-0.25, -0.2) is 4.39 Å². The second-order valence-corrected chi connectivity index (χ2v) is 4.41. The van der Waals surface area contributed by atoms with Gasteiger partial charge in [-0.2, -0.15) is 0 Å². The third-order valence-corrected chi connectivity index (χ3v) is 2.77. The minimum absolute atomic E-state index is 0.0652. The van der Waals surface area contributed by atoms with Crippen LogP contribution in [0.25, 0.3) is 0 Å². The number of rotatable bonds is 3. The lowest BCUT2D eigenvalue weighted by atomic mass is 10.1. The molecule has 0 heterocycles. The van der Waals surface area contributed by atoms with Crippen molar-refractivity contribution < 1.29 is 14.3 Å². The molecule has 0 bridgehead atoms. The lowest BCUT2D eigenvalue weighted by Gasteiger charge is -2.07. The standard InChI is InChI=1S/C14H11ClFNO2/c15-10-4-5-12(13(16)7-10)14(19)17-8-9-2-1-3-11(18)6-9/h1-7,18H,8H2,(H,17,19). The first-order chi connectivity index (χ1) is 9.06. The average Bonchev–Trinajstić information content (AvgIpc) is 2.36. The van der Waals surface area contributed by atoms with E-state index in [2.05, 4.69) is 5.32 Å². The molecule has 0 radical (unpaired) electrons. The molecule has 0 spiro atoms. The highest BCUT2D eigenvalue weighted by molar-refractivity contribution is 6.30. The Morgan fingerprint density at radius 3 is 2.74 bits per heavy atom. The molecule has 2 rings (SSSR count). The summed E-state index contributed by atoms with van der Waals surface area (Å²) in [6.07, 6.45) is 0. The Balaban J connectivity index is 2.05. The smallest absolute Gasteiger partial charge is 0.254 e. The van der Waals surface area contributed by atoms with Crippen LogP contribution in [-0.2, 0) is 6.54 Å². The van der Waals surface area contributed by atoms with Gasteiger partial charge in [0.15, 0.2) is 0 Å². The minimum atomic E-state index is -0.666. The first-order valence-electron chi connectivity index (χ1n) is 5.57. The van der Waals surface area contributed by atoms with Crippen LogP contribution in [0.5, 0.6) is 5.75 Å². The summed E-state index contributed by atoms with van der Waals surface area (Å²) in [5.74, 6) is -1.08. The zero-order valence-corrected chi connectivity index (χ0v) is 10.6. The van der Waals surface area contributed by atoms with E-state index in [0.29, 0.717) is 0 Å². The van der Waals surface area contributed by atoms with E-state index in [9.17, 15) is 14.3 Å². The fourth-order valence-electron chi connectivity index (χ4n) is 1.62. The Labute approximate surface area is 114 Å². The van der Waals surface area contributed by atoms with E-state index in [4.69, 9.17) is 11.6 Å². The highest BCUT2D eigenvalue weighted by atomic mass is 35.5. The van der Waals surface area contributed by atoms with Gasteiger partial charge in [0.05, 0.1) is 5.56 Å². The van der Waals surface area contributed by atoms with Gasteiger partial charge in [0, 0.05) is 11.6 Å². The van der Waals surface area contributed by atoms with Gasteiger partial charge >= 0.3 is 0 Å². The predicted molar refractivity (Wildman–Crippen MR) is 70.7 cm³/mol. The number of nitrogens with one attached hydrogen (secondary N) is 1. The number of halogens is 2.